The largest absolute Gasteiger partial charge is 0.496 e. The van der Waals surface area contributed by atoms with Gasteiger partial charge >= 0.3 is 0 Å². The fourth-order valence-electron chi connectivity index (χ4n) is 2.52. The van der Waals surface area contributed by atoms with Gasteiger partial charge in [-0.15, -0.1) is 0 Å². The first kappa shape index (κ1) is 25.9. The van der Waals surface area contributed by atoms with Gasteiger partial charge in [0.1, 0.15) is 28.5 Å². The van der Waals surface area contributed by atoms with Crippen LogP contribution in [0.1, 0.15) is 51.9 Å². The number of carbonyl (C=O) groups excluding carboxylic acids is 1. The van der Waals surface area contributed by atoms with E-state index in [0.29, 0.717) is 27.8 Å². The van der Waals surface area contributed by atoms with Crippen LogP contribution in [-0.2, 0) is 0 Å². The van der Waals surface area contributed by atoms with Crippen molar-refractivity contribution in [1.29, 1.82) is 0 Å². The van der Waals surface area contributed by atoms with E-state index in [2.05, 4.69) is 0 Å². The van der Waals surface area contributed by atoms with E-state index < -0.39 is 5.60 Å². The molecule has 0 aliphatic heterocycles. The molecule has 0 fully saturated rings. The Balaban J connectivity index is 0.00000420. The van der Waals surface area contributed by atoms with Crippen LogP contribution in [0, 0.1) is 0 Å². The molecule has 0 N–H and O–H groups in total. The topological polar surface area (TPSA) is 44.8 Å². The molecule has 0 aliphatic rings. The van der Waals surface area contributed by atoms with Gasteiger partial charge in [0, 0.05) is 30.2 Å². The zero-order valence-corrected chi connectivity index (χ0v) is 20.2. The summed E-state index contributed by atoms with van der Waals surface area (Å²) in [5.41, 5.74) is -0.457. The van der Waals surface area contributed by atoms with E-state index in [1.165, 1.54) is 7.11 Å². The molecular weight excluding hydrogens is 402 g/mol. The molecule has 2 aromatic rings. The Kier molecular flexibility index (Phi) is 9.12. The van der Waals surface area contributed by atoms with Crippen molar-refractivity contribution in [3.05, 3.63) is 47.0 Å². The number of ether oxygens (including phenoxy) is 3. The van der Waals surface area contributed by atoms with Crippen LogP contribution in [0.5, 0.6) is 17.2 Å². The van der Waals surface area contributed by atoms with E-state index in [1.54, 1.807) is 18.2 Å². The first-order valence-electron chi connectivity index (χ1n) is 9.05. The van der Waals surface area contributed by atoms with Gasteiger partial charge in [0.15, 0.2) is 5.52 Å². The normalized spacial score (nSPS) is 11.9. The summed E-state index contributed by atoms with van der Waals surface area (Å²) in [5.74, 6) is 1.80. The van der Waals surface area contributed by atoms with Crippen LogP contribution in [0.25, 0.3) is 0 Å². The third-order valence-electron chi connectivity index (χ3n) is 3.46. The van der Waals surface area contributed by atoms with Crippen molar-refractivity contribution in [2.24, 2.45) is 0 Å². The molecule has 0 saturated carbocycles. The summed E-state index contributed by atoms with van der Waals surface area (Å²) in [6, 6.07) is 10.8. The number of carbonyl (C=O) groups is 1. The minimum absolute atomic E-state index is 0. The van der Waals surface area contributed by atoms with Crippen molar-refractivity contribution >= 4 is 49.9 Å². The number of benzene rings is 2. The molecule has 4 nitrogen and oxygen atoms in total. The summed E-state index contributed by atoms with van der Waals surface area (Å²) in [5, 5.41) is 1.17. The second kappa shape index (κ2) is 10.2. The van der Waals surface area contributed by atoms with Crippen molar-refractivity contribution in [3.8, 4) is 17.2 Å². The molecule has 1 radical (unpaired) electrons. The number of hydrogen-bond acceptors (Lipinski definition) is 4. The number of methoxy groups -OCH3 is 1. The Hall–Kier alpha value is -1.17. The molecule has 0 aliphatic carbocycles. The molecule has 7 heteroatoms. The van der Waals surface area contributed by atoms with Crippen LogP contribution in [-0.4, -0.2) is 42.7 Å². The van der Waals surface area contributed by atoms with E-state index in [1.807, 2.05) is 59.7 Å². The molecule has 0 amide bonds. The Labute approximate surface area is 192 Å². The van der Waals surface area contributed by atoms with E-state index in [0.717, 1.165) is 5.30 Å². The first-order valence-corrected chi connectivity index (χ1v) is 10.4. The maximum atomic E-state index is 13.0. The van der Waals surface area contributed by atoms with E-state index in [4.69, 9.17) is 25.8 Å². The van der Waals surface area contributed by atoms with Gasteiger partial charge < -0.3 is 14.2 Å². The Morgan fingerprint density at radius 2 is 1.55 bits per heavy atom. The Morgan fingerprint density at radius 1 is 0.931 bits per heavy atom. The third kappa shape index (κ3) is 7.87. The third-order valence-corrected chi connectivity index (χ3v) is 4.94. The van der Waals surface area contributed by atoms with Gasteiger partial charge in [-0.2, -0.15) is 0 Å². The molecule has 0 bridgehead atoms. The predicted octanol–water partition coefficient (Wildman–Crippen LogP) is 5.47. The van der Waals surface area contributed by atoms with Crippen molar-refractivity contribution in [2.75, 3.05) is 7.11 Å². The summed E-state index contributed by atoms with van der Waals surface area (Å²) in [6.07, 6.45) is 0. The molecule has 0 spiro atoms. The maximum absolute atomic E-state index is 13.0. The zero-order chi connectivity index (χ0) is 21.1. The van der Waals surface area contributed by atoms with Crippen molar-refractivity contribution in [1.82, 2.24) is 0 Å². The van der Waals surface area contributed by atoms with Crippen LogP contribution < -0.4 is 19.5 Å². The summed E-state index contributed by atoms with van der Waals surface area (Å²) in [6.45, 7) is 11.9. The second-order valence-electron chi connectivity index (χ2n) is 8.36. The molecular formula is C22H28ClLiO4P. The molecule has 2 rings (SSSR count). The average Bonchev–Trinajstić information content (AvgIpc) is 2.53. The fraction of sp³-hybridized carbons (Fsp3) is 0.409. The van der Waals surface area contributed by atoms with Crippen LogP contribution in [0.2, 0.25) is 5.02 Å². The minimum atomic E-state index is -0.412. The summed E-state index contributed by atoms with van der Waals surface area (Å²) < 4.78 is 17.4. The summed E-state index contributed by atoms with van der Waals surface area (Å²) >= 11 is 6.27. The first-order chi connectivity index (χ1) is 12.9. The molecule has 1 atom stereocenters. The van der Waals surface area contributed by atoms with Gasteiger partial charge in [0.05, 0.1) is 17.7 Å². The van der Waals surface area contributed by atoms with Crippen molar-refractivity contribution in [2.45, 2.75) is 52.7 Å². The van der Waals surface area contributed by atoms with Crippen molar-refractivity contribution < 1.29 is 19.0 Å². The van der Waals surface area contributed by atoms with Crippen LogP contribution in [0.15, 0.2) is 36.4 Å². The van der Waals surface area contributed by atoms with Crippen molar-refractivity contribution in [3.63, 3.8) is 0 Å². The monoisotopic (exact) mass is 429 g/mol. The van der Waals surface area contributed by atoms with Gasteiger partial charge in [0.2, 0.25) is 0 Å². The fourth-order valence-corrected chi connectivity index (χ4v) is 3.89. The zero-order valence-electron chi connectivity index (χ0n) is 18.5. The molecule has 153 valence electrons. The summed E-state index contributed by atoms with van der Waals surface area (Å²) in [4.78, 5) is 13.0. The van der Waals surface area contributed by atoms with Gasteiger partial charge in [-0.3, -0.25) is 4.79 Å². The van der Waals surface area contributed by atoms with Gasteiger partial charge in [-0.1, -0.05) is 17.7 Å². The smallest absolute Gasteiger partial charge is 0.190 e. The van der Waals surface area contributed by atoms with Gasteiger partial charge in [0.25, 0.3) is 0 Å². The SMILES string of the molecule is COc1cccc(Cl)c1C(=O)Pc1ccc(OC(C)(C)C)cc1OC(C)(C)C.[Li]. The molecule has 0 aromatic heterocycles. The maximum Gasteiger partial charge on any atom is 0.190 e. The van der Waals surface area contributed by atoms with Crippen LogP contribution >= 0.6 is 20.2 Å². The second-order valence-corrected chi connectivity index (χ2v) is 10.0. The van der Waals surface area contributed by atoms with Crippen LogP contribution in [0.4, 0.5) is 0 Å². The molecule has 2 aromatic carbocycles. The standard InChI is InChI=1S/C22H28ClO4P.Li/c1-21(2,3)26-14-11-12-18(17(13-14)27-22(4,5)6)28-20(24)19-15(23)9-8-10-16(19)25-7;/h8-13,28H,1-7H3;. The number of halogens is 1. The van der Waals surface area contributed by atoms with E-state index >= 15 is 0 Å². The van der Waals surface area contributed by atoms with Gasteiger partial charge in [-0.05, 0) is 74.4 Å². The number of hydrogen-bond donors (Lipinski definition) is 0. The Bertz CT molecular complexity index is 857. The molecule has 29 heavy (non-hydrogen) atoms. The molecule has 0 saturated heterocycles. The van der Waals surface area contributed by atoms with Gasteiger partial charge in [-0.25, -0.2) is 0 Å². The van der Waals surface area contributed by atoms with E-state index in [9.17, 15) is 4.79 Å². The quantitative estimate of drug-likeness (QED) is 0.451. The van der Waals surface area contributed by atoms with Crippen LogP contribution in [0.3, 0.4) is 0 Å². The van der Waals surface area contributed by atoms with E-state index in [-0.39, 0.29) is 38.6 Å². The molecule has 1 unspecified atom stereocenters. The summed E-state index contributed by atoms with van der Waals surface area (Å²) in [7, 11) is 1.36. The minimum Gasteiger partial charge on any atom is -0.496 e. The predicted molar refractivity (Wildman–Crippen MR) is 123 cm³/mol. The molecule has 0 heterocycles. The Morgan fingerprint density at radius 3 is 2.10 bits per heavy atom. The average molecular weight is 430 g/mol. The number of rotatable bonds is 6.